The third kappa shape index (κ3) is 3.25. The molecule has 0 saturated carbocycles. The summed E-state index contributed by atoms with van der Waals surface area (Å²) in [6.07, 6.45) is 1.71. The average Bonchev–Trinajstić information content (AvgIpc) is 3.11. The first-order valence-electron chi connectivity index (χ1n) is 9.53. The van der Waals surface area contributed by atoms with Crippen LogP contribution in [0.1, 0.15) is 11.1 Å². The van der Waals surface area contributed by atoms with Crippen molar-refractivity contribution in [3.05, 3.63) is 102 Å². The first kappa shape index (κ1) is 17.2. The Morgan fingerprint density at radius 1 is 0.828 bits per heavy atom. The van der Waals surface area contributed by atoms with E-state index in [-0.39, 0.29) is 5.75 Å². The Kier molecular flexibility index (Phi) is 4.30. The summed E-state index contributed by atoms with van der Waals surface area (Å²) in [7, 11) is 0. The summed E-state index contributed by atoms with van der Waals surface area (Å²) in [5.74, 6) is 0.820. The molecule has 0 radical (unpaired) electrons. The Hall–Kier alpha value is -3.92. The van der Waals surface area contributed by atoms with Crippen LogP contribution in [0.4, 0.5) is 5.95 Å². The largest absolute Gasteiger partial charge is 0.507 e. The van der Waals surface area contributed by atoms with Crippen LogP contribution >= 0.6 is 0 Å². The normalized spacial score (nSPS) is 11.6. The maximum atomic E-state index is 10.4. The standard InChI is InChI=1S/C25H19N3O/c29-24-15-14-19-10-4-5-11-20(19)21(24)16-26-25-27-22-12-6-7-13-23(22)28(25)17-18-8-2-1-3-9-18/h1-16,29H,17H2. The highest BCUT2D eigenvalue weighted by molar-refractivity contribution is 6.03. The van der Waals surface area contributed by atoms with E-state index in [0.29, 0.717) is 18.1 Å². The lowest BCUT2D eigenvalue weighted by molar-refractivity contribution is 0.475. The summed E-state index contributed by atoms with van der Waals surface area (Å²) in [5, 5.41) is 12.4. The minimum atomic E-state index is 0.207. The number of para-hydroxylation sites is 2. The van der Waals surface area contributed by atoms with Gasteiger partial charge in [0.05, 0.1) is 17.6 Å². The summed E-state index contributed by atoms with van der Waals surface area (Å²) < 4.78 is 2.10. The number of hydrogen-bond donors (Lipinski definition) is 1. The molecule has 4 aromatic carbocycles. The number of nitrogens with zero attached hydrogens (tertiary/aromatic N) is 3. The number of rotatable bonds is 4. The summed E-state index contributed by atoms with van der Waals surface area (Å²) in [6.45, 7) is 0.676. The van der Waals surface area contributed by atoms with Gasteiger partial charge in [0.25, 0.3) is 0 Å². The van der Waals surface area contributed by atoms with Gasteiger partial charge in [-0.3, -0.25) is 0 Å². The van der Waals surface area contributed by atoms with Gasteiger partial charge in [0.2, 0.25) is 5.95 Å². The second-order valence-corrected chi connectivity index (χ2v) is 6.95. The molecule has 0 bridgehead atoms. The number of fused-ring (bicyclic) bond motifs is 2. The molecule has 1 heterocycles. The average molecular weight is 377 g/mol. The third-order valence-electron chi connectivity index (χ3n) is 5.07. The lowest BCUT2D eigenvalue weighted by Gasteiger charge is -2.07. The monoisotopic (exact) mass is 377 g/mol. The van der Waals surface area contributed by atoms with Gasteiger partial charge in [-0.15, -0.1) is 0 Å². The predicted octanol–water partition coefficient (Wildman–Crippen LogP) is 5.69. The number of benzene rings is 4. The van der Waals surface area contributed by atoms with Gasteiger partial charge in [0, 0.05) is 11.8 Å². The van der Waals surface area contributed by atoms with E-state index < -0.39 is 0 Å². The highest BCUT2D eigenvalue weighted by Crippen LogP contribution is 2.27. The smallest absolute Gasteiger partial charge is 0.230 e. The molecule has 0 amide bonds. The highest BCUT2D eigenvalue weighted by Gasteiger charge is 2.11. The van der Waals surface area contributed by atoms with E-state index >= 15 is 0 Å². The molecule has 1 N–H and O–H groups in total. The van der Waals surface area contributed by atoms with E-state index in [9.17, 15) is 5.11 Å². The second-order valence-electron chi connectivity index (χ2n) is 6.95. The van der Waals surface area contributed by atoms with Crippen LogP contribution in [0.25, 0.3) is 21.8 Å². The van der Waals surface area contributed by atoms with Crippen LogP contribution in [0.3, 0.4) is 0 Å². The fraction of sp³-hybridized carbons (Fsp3) is 0.0400. The van der Waals surface area contributed by atoms with Gasteiger partial charge in [0.1, 0.15) is 5.75 Å². The zero-order chi connectivity index (χ0) is 19.6. The van der Waals surface area contributed by atoms with Crippen molar-refractivity contribution in [2.75, 3.05) is 0 Å². The zero-order valence-electron chi connectivity index (χ0n) is 15.7. The molecule has 0 aliphatic rings. The molecule has 0 aliphatic heterocycles. The Labute approximate surface area is 168 Å². The van der Waals surface area contributed by atoms with Crippen molar-refractivity contribution >= 4 is 34.0 Å². The third-order valence-corrected chi connectivity index (χ3v) is 5.07. The number of phenols is 1. The van der Waals surface area contributed by atoms with Crippen LogP contribution in [0.2, 0.25) is 0 Å². The maximum Gasteiger partial charge on any atom is 0.230 e. The van der Waals surface area contributed by atoms with E-state index in [1.165, 1.54) is 5.56 Å². The highest BCUT2D eigenvalue weighted by atomic mass is 16.3. The molecule has 5 rings (SSSR count). The number of phenolic OH excluding ortho intramolecular Hbond substituents is 1. The topological polar surface area (TPSA) is 50.4 Å². The quantitative estimate of drug-likeness (QED) is 0.409. The molecule has 29 heavy (non-hydrogen) atoms. The van der Waals surface area contributed by atoms with Crippen LogP contribution in [-0.2, 0) is 6.54 Å². The summed E-state index contributed by atoms with van der Waals surface area (Å²) in [6, 6.07) is 29.9. The number of aromatic hydroxyl groups is 1. The Bertz CT molecular complexity index is 1340. The minimum absolute atomic E-state index is 0.207. The van der Waals surface area contributed by atoms with Gasteiger partial charge < -0.3 is 9.67 Å². The van der Waals surface area contributed by atoms with Gasteiger partial charge in [-0.25, -0.2) is 9.98 Å². The molecule has 4 heteroatoms. The summed E-state index contributed by atoms with van der Waals surface area (Å²) >= 11 is 0. The lowest BCUT2D eigenvalue weighted by atomic mass is 10.0. The van der Waals surface area contributed by atoms with Crippen LogP contribution in [0.5, 0.6) is 5.75 Å². The SMILES string of the molecule is Oc1ccc2ccccc2c1C=Nc1nc2ccccc2n1Cc1ccccc1. The Morgan fingerprint density at radius 3 is 2.48 bits per heavy atom. The minimum Gasteiger partial charge on any atom is -0.507 e. The van der Waals surface area contributed by atoms with Crippen molar-refractivity contribution < 1.29 is 5.11 Å². The predicted molar refractivity (Wildman–Crippen MR) is 118 cm³/mol. The number of aliphatic imine (C=N–C) groups is 1. The van der Waals surface area contributed by atoms with Crippen molar-refractivity contribution in [1.29, 1.82) is 0 Å². The van der Waals surface area contributed by atoms with Crippen molar-refractivity contribution in [3.8, 4) is 5.75 Å². The molecule has 1 aromatic heterocycles. The van der Waals surface area contributed by atoms with Gasteiger partial charge in [0.15, 0.2) is 0 Å². The molecule has 0 spiro atoms. The molecule has 5 aromatic rings. The van der Waals surface area contributed by atoms with Crippen LogP contribution < -0.4 is 0 Å². The van der Waals surface area contributed by atoms with Gasteiger partial charge >= 0.3 is 0 Å². The first-order chi connectivity index (χ1) is 14.3. The molecule has 0 fully saturated rings. The lowest BCUT2D eigenvalue weighted by Crippen LogP contribution is -1.99. The van der Waals surface area contributed by atoms with Gasteiger partial charge in [-0.05, 0) is 34.5 Å². The maximum absolute atomic E-state index is 10.4. The fourth-order valence-corrected chi connectivity index (χ4v) is 3.63. The van der Waals surface area contributed by atoms with E-state index in [4.69, 9.17) is 4.98 Å². The van der Waals surface area contributed by atoms with Crippen molar-refractivity contribution in [2.24, 2.45) is 4.99 Å². The molecule has 0 saturated heterocycles. The molecular formula is C25H19N3O. The first-order valence-corrected chi connectivity index (χ1v) is 9.53. The molecule has 0 unspecified atom stereocenters. The molecular weight excluding hydrogens is 358 g/mol. The van der Waals surface area contributed by atoms with Crippen molar-refractivity contribution in [2.45, 2.75) is 6.54 Å². The molecule has 0 atom stereocenters. The summed E-state index contributed by atoms with van der Waals surface area (Å²) in [4.78, 5) is 9.40. The molecule has 0 aliphatic carbocycles. The Morgan fingerprint density at radius 2 is 1.59 bits per heavy atom. The van der Waals surface area contributed by atoms with E-state index in [1.54, 1.807) is 12.3 Å². The fourth-order valence-electron chi connectivity index (χ4n) is 3.63. The Balaban J connectivity index is 1.63. The second kappa shape index (κ2) is 7.24. The number of aromatic nitrogens is 2. The van der Waals surface area contributed by atoms with Gasteiger partial charge in [-0.1, -0.05) is 72.8 Å². The number of imidazole rings is 1. The van der Waals surface area contributed by atoms with Gasteiger partial charge in [-0.2, -0.15) is 0 Å². The van der Waals surface area contributed by atoms with Crippen molar-refractivity contribution in [3.63, 3.8) is 0 Å². The van der Waals surface area contributed by atoms with Crippen LogP contribution in [0.15, 0.2) is 96.0 Å². The summed E-state index contributed by atoms with van der Waals surface area (Å²) in [5.41, 5.74) is 3.81. The zero-order valence-corrected chi connectivity index (χ0v) is 15.7. The van der Waals surface area contributed by atoms with Crippen LogP contribution in [-0.4, -0.2) is 20.9 Å². The molecule has 4 nitrogen and oxygen atoms in total. The van der Waals surface area contributed by atoms with E-state index in [1.807, 2.05) is 66.7 Å². The van der Waals surface area contributed by atoms with Crippen molar-refractivity contribution in [1.82, 2.24) is 9.55 Å². The van der Waals surface area contributed by atoms with E-state index in [0.717, 1.165) is 21.8 Å². The number of hydrogen-bond acceptors (Lipinski definition) is 3. The molecule has 140 valence electrons. The van der Waals surface area contributed by atoms with Crippen LogP contribution in [0, 0.1) is 0 Å². The van der Waals surface area contributed by atoms with E-state index in [2.05, 4.69) is 27.8 Å².